The molecular formula is C11H24N2O. The summed E-state index contributed by atoms with van der Waals surface area (Å²) >= 11 is 0. The summed E-state index contributed by atoms with van der Waals surface area (Å²) in [4.78, 5) is 2.39. The van der Waals surface area contributed by atoms with Crippen LogP contribution in [0.3, 0.4) is 0 Å². The highest BCUT2D eigenvalue weighted by Crippen LogP contribution is 2.06. The van der Waals surface area contributed by atoms with Gasteiger partial charge in [0.25, 0.3) is 0 Å². The molecule has 1 atom stereocenters. The van der Waals surface area contributed by atoms with Crippen molar-refractivity contribution >= 4 is 0 Å². The minimum atomic E-state index is 0.738. The second-order valence-electron chi connectivity index (χ2n) is 4.26. The molecule has 1 N–H and O–H groups in total. The SMILES string of the molecule is COCCCCCNC1CCN(C)C1. The first-order valence-electron chi connectivity index (χ1n) is 5.74. The van der Waals surface area contributed by atoms with E-state index in [1.165, 1.54) is 45.3 Å². The maximum Gasteiger partial charge on any atom is 0.0462 e. The van der Waals surface area contributed by atoms with E-state index < -0.39 is 0 Å². The van der Waals surface area contributed by atoms with E-state index >= 15 is 0 Å². The Morgan fingerprint density at radius 1 is 1.36 bits per heavy atom. The zero-order valence-electron chi connectivity index (χ0n) is 9.59. The summed E-state index contributed by atoms with van der Waals surface area (Å²) in [5.74, 6) is 0. The summed E-state index contributed by atoms with van der Waals surface area (Å²) in [6, 6.07) is 0.738. The fourth-order valence-corrected chi connectivity index (χ4v) is 1.96. The number of unbranched alkanes of at least 4 members (excludes halogenated alkanes) is 2. The van der Waals surface area contributed by atoms with Crippen molar-refractivity contribution in [3.63, 3.8) is 0 Å². The molecule has 1 fully saturated rings. The molecule has 0 saturated carbocycles. The van der Waals surface area contributed by atoms with Gasteiger partial charge in [-0.15, -0.1) is 0 Å². The summed E-state index contributed by atoms with van der Waals surface area (Å²) in [5, 5.41) is 3.61. The third kappa shape index (κ3) is 4.94. The molecule has 1 aliphatic heterocycles. The van der Waals surface area contributed by atoms with Gasteiger partial charge in [-0.25, -0.2) is 0 Å². The number of likely N-dealkylation sites (N-methyl/N-ethyl adjacent to an activating group) is 1. The smallest absolute Gasteiger partial charge is 0.0462 e. The van der Waals surface area contributed by atoms with E-state index in [-0.39, 0.29) is 0 Å². The maximum atomic E-state index is 5.01. The van der Waals surface area contributed by atoms with Crippen molar-refractivity contribution in [2.24, 2.45) is 0 Å². The second-order valence-corrected chi connectivity index (χ2v) is 4.26. The topological polar surface area (TPSA) is 24.5 Å². The lowest BCUT2D eigenvalue weighted by molar-refractivity contribution is 0.192. The van der Waals surface area contributed by atoms with Crippen LogP contribution in [0, 0.1) is 0 Å². The molecule has 0 radical (unpaired) electrons. The zero-order chi connectivity index (χ0) is 10.2. The van der Waals surface area contributed by atoms with E-state index in [9.17, 15) is 0 Å². The molecule has 14 heavy (non-hydrogen) atoms. The van der Waals surface area contributed by atoms with E-state index in [2.05, 4.69) is 17.3 Å². The lowest BCUT2D eigenvalue weighted by Gasteiger charge is -2.12. The first-order chi connectivity index (χ1) is 6.83. The predicted molar refractivity (Wildman–Crippen MR) is 59.6 cm³/mol. The fraction of sp³-hybridized carbons (Fsp3) is 1.00. The Morgan fingerprint density at radius 2 is 2.21 bits per heavy atom. The standard InChI is InChI=1S/C11H24N2O/c1-13-8-6-11(10-13)12-7-4-3-5-9-14-2/h11-12H,3-10H2,1-2H3. The Labute approximate surface area is 87.8 Å². The molecule has 1 aliphatic rings. The van der Waals surface area contributed by atoms with E-state index in [1.807, 2.05) is 0 Å². The highest BCUT2D eigenvalue weighted by Gasteiger charge is 2.17. The second kappa shape index (κ2) is 7.21. The van der Waals surface area contributed by atoms with E-state index in [4.69, 9.17) is 4.74 Å². The Kier molecular flexibility index (Phi) is 6.15. The minimum absolute atomic E-state index is 0.738. The quantitative estimate of drug-likeness (QED) is 0.623. The van der Waals surface area contributed by atoms with Gasteiger partial charge in [0.2, 0.25) is 0 Å². The van der Waals surface area contributed by atoms with Crippen molar-refractivity contribution in [3.8, 4) is 0 Å². The van der Waals surface area contributed by atoms with Crippen molar-refractivity contribution in [2.45, 2.75) is 31.7 Å². The monoisotopic (exact) mass is 200 g/mol. The van der Waals surface area contributed by atoms with Gasteiger partial charge >= 0.3 is 0 Å². The summed E-state index contributed by atoms with van der Waals surface area (Å²) in [7, 11) is 3.97. The normalized spacial score (nSPS) is 23.1. The number of rotatable bonds is 7. The van der Waals surface area contributed by atoms with E-state index in [1.54, 1.807) is 7.11 Å². The van der Waals surface area contributed by atoms with Crippen LogP contribution in [-0.4, -0.2) is 51.3 Å². The number of hydrogen-bond acceptors (Lipinski definition) is 3. The molecule has 0 aromatic carbocycles. The Morgan fingerprint density at radius 3 is 2.86 bits per heavy atom. The van der Waals surface area contributed by atoms with Crippen LogP contribution in [0.1, 0.15) is 25.7 Å². The van der Waals surface area contributed by atoms with Crippen LogP contribution in [-0.2, 0) is 4.74 Å². The van der Waals surface area contributed by atoms with Crippen molar-refractivity contribution < 1.29 is 4.74 Å². The lowest BCUT2D eigenvalue weighted by atomic mass is 10.2. The number of nitrogens with one attached hydrogen (secondary N) is 1. The summed E-state index contributed by atoms with van der Waals surface area (Å²) in [5.41, 5.74) is 0. The molecule has 1 heterocycles. The van der Waals surface area contributed by atoms with Gasteiger partial charge in [-0.3, -0.25) is 0 Å². The maximum absolute atomic E-state index is 5.01. The molecule has 1 rings (SSSR count). The molecule has 1 saturated heterocycles. The highest BCUT2D eigenvalue weighted by molar-refractivity contribution is 4.78. The van der Waals surface area contributed by atoms with Gasteiger partial charge in [0.1, 0.15) is 0 Å². The van der Waals surface area contributed by atoms with Crippen LogP contribution in [0.15, 0.2) is 0 Å². The van der Waals surface area contributed by atoms with Gasteiger partial charge in [0.05, 0.1) is 0 Å². The fourth-order valence-electron chi connectivity index (χ4n) is 1.96. The van der Waals surface area contributed by atoms with Crippen LogP contribution in [0.2, 0.25) is 0 Å². The average Bonchev–Trinajstić information content (AvgIpc) is 2.58. The summed E-state index contributed by atoms with van der Waals surface area (Å²) in [6.45, 7) is 4.55. The number of methoxy groups -OCH3 is 1. The van der Waals surface area contributed by atoms with Crippen LogP contribution in [0.5, 0.6) is 0 Å². The van der Waals surface area contributed by atoms with Crippen molar-refractivity contribution in [3.05, 3.63) is 0 Å². The molecule has 0 bridgehead atoms. The Balaban J connectivity index is 1.84. The van der Waals surface area contributed by atoms with Gasteiger partial charge in [0, 0.05) is 26.3 Å². The molecule has 0 aromatic heterocycles. The average molecular weight is 200 g/mol. The Hall–Kier alpha value is -0.120. The molecule has 84 valence electrons. The van der Waals surface area contributed by atoms with Gasteiger partial charge in [0.15, 0.2) is 0 Å². The van der Waals surface area contributed by atoms with Gasteiger partial charge in [-0.2, -0.15) is 0 Å². The number of ether oxygens (including phenoxy) is 1. The van der Waals surface area contributed by atoms with Crippen LogP contribution < -0.4 is 5.32 Å². The predicted octanol–water partition coefficient (Wildman–Crippen LogP) is 1.10. The first kappa shape index (κ1) is 12.0. The lowest BCUT2D eigenvalue weighted by Crippen LogP contribution is -2.32. The molecule has 0 aliphatic carbocycles. The van der Waals surface area contributed by atoms with Gasteiger partial charge in [-0.1, -0.05) is 0 Å². The van der Waals surface area contributed by atoms with Crippen molar-refractivity contribution in [1.82, 2.24) is 10.2 Å². The first-order valence-corrected chi connectivity index (χ1v) is 5.74. The van der Waals surface area contributed by atoms with Crippen LogP contribution >= 0.6 is 0 Å². The molecule has 0 spiro atoms. The van der Waals surface area contributed by atoms with Crippen molar-refractivity contribution in [2.75, 3.05) is 40.4 Å². The zero-order valence-corrected chi connectivity index (χ0v) is 9.59. The van der Waals surface area contributed by atoms with Crippen LogP contribution in [0.25, 0.3) is 0 Å². The number of likely N-dealkylation sites (tertiary alicyclic amines) is 1. The summed E-state index contributed by atoms with van der Waals surface area (Å²) in [6.07, 6.45) is 5.07. The van der Waals surface area contributed by atoms with Crippen molar-refractivity contribution in [1.29, 1.82) is 0 Å². The largest absolute Gasteiger partial charge is 0.385 e. The molecule has 0 amide bonds. The molecule has 3 heteroatoms. The number of hydrogen-bond donors (Lipinski definition) is 1. The van der Waals surface area contributed by atoms with Gasteiger partial charge < -0.3 is 15.0 Å². The summed E-state index contributed by atoms with van der Waals surface area (Å²) < 4.78 is 5.01. The van der Waals surface area contributed by atoms with Crippen LogP contribution in [0.4, 0.5) is 0 Å². The molecule has 3 nitrogen and oxygen atoms in total. The van der Waals surface area contributed by atoms with E-state index in [0.717, 1.165) is 12.6 Å². The van der Waals surface area contributed by atoms with Gasteiger partial charge in [-0.05, 0) is 45.8 Å². The molecule has 0 aromatic rings. The highest BCUT2D eigenvalue weighted by atomic mass is 16.5. The third-order valence-corrected chi connectivity index (χ3v) is 2.85. The third-order valence-electron chi connectivity index (χ3n) is 2.85. The number of nitrogens with zero attached hydrogens (tertiary/aromatic N) is 1. The van der Waals surface area contributed by atoms with E-state index in [0.29, 0.717) is 0 Å². The minimum Gasteiger partial charge on any atom is -0.385 e. The molecule has 1 unspecified atom stereocenters. The Bertz CT molecular complexity index is 141. The molecular weight excluding hydrogens is 176 g/mol.